The first-order valence-electron chi connectivity index (χ1n) is 4.05. The predicted octanol–water partition coefficient (Wildman–Crippen LogP) is 1.77. The van der Waals surface area contributed by atoms with E-state index in [1.54, 1.807) is 0 Å². The zero-order valence-electron chi connectivity index (χ0n) is 8.24. The lowest BCUT2D eigenvalue weighted by atomic mass is 9.92. The van der Waals surface area contributed by atoms with Crippen molar-refractivity contribution in [2.75, 3.05) is 0 Å². The van der Waals surface area contributed by atoms with Crippen LogP contribution < -0.4 is 0 Å². The van der Waals surface area contributed by atoms with Gasteiger partial charge < -0.3 is 4.42 Å². The molecule has 6 heteroatoms. The molecule has 0 unspecified atom stereocenters. The van der Waals surface area contributed by atoms with E-state index in [-0.39, 0.29) is 11.1 Å². The van der Waals surface area contributed by atoms with E-state index in [1.807, 2.05) is 20.8 Å². The van der Waals surface area contributed by atoms with Gasteiger partial charge in [0.05, 0.1) is 0 Å². The van der Waals surface area contributed by atoms with Gasteiger partial charge in [-0.2, -0.15) is 8.42 Å². The minimum absolute atomic E-state index is 0.139. The molecule has 0 bridgehead atoms. The van der Waals surface area contributed by atoms with Crippen molar-refractivity contribution in [1.29, 1.82) is 0 Å². The normalized spacial score (nSPS) is 13.1. The van der Waals surface area contributed by atoms with Crippen LogP contribution in [0.1, 0.15) is 32.2 Å². The van der Waals surface area contributed by atoms with Crippen LogP contribution in [0, 0.1) is 0 Å². The van der Waals surface area contributed by atoms with Crippen molar-refractivity contribution in [1.82, 2.24) is 4.98 Å². The second-order valence-corrected chi connectivity index (χ2v) is 5.43. The second-order valence-electron chi connectivity index (χ2n) is 4.06. The van der Waals surface area contributed by atoms with Crippen molar-refractivity contribution >= 4 is 10.2 Å². The highest BCUT2D eigenvalue weighted by Gasteiger charge is 2.25. The molecule has 0 aliphatic heterocycles. The van der Waals surface area contributed by atoms with Crippen LogP contribution in [-0.4, -0.2) is 13.4 Å². The third-order valence-electron chi connectivity index (χ3n) is 1.63. The summed E-state index contributed by atoms with van der Waals surface area (Å²) in [6.45, 7) is 5.51. The minimum atomic E-state index is -4.55. The molecule has 0 saturated heterocycles. The Hall–Kier alpha value is -0.910. The van der Waals surface area contributed by atoms with E-state index >= 15 is 0 Å². The van der Waals surface area contributed by atoms with Gasteiger partial charge in [0, 0.05) is 5.41 Å². The van der Waals surface area contributed by atoms with E-state index in [2.05, 4.69) is 4.98 Å². The first-order chi connectivity index (χ1) is 6.20. The van der Waals surface area contributed by atoms with Gasteiger partial charge in [-0.15, -0.1) is 3.89 Å². The molecule has 14 heavy (non-hydrogen) atoms. The van der Waals surface area contributed by atoms with Crippen LogP contribution in [0.3, 0.4) is 0 Å². The van der Waals surface area contributed by atoms with E-state index in [0.717, 1.165) is 6.39 Å². The number of nitrogens with zero attached hydrogens (tertiary/aromatic N) is 1. The molecule has 0 fully saturated rings. The highest BCUT2D eigenvalue weighted by Crippen LogP contribution is 2.26. The molecule has 80 valence electrons. The first kappa shape index (κ1) is 11.2. The first-order valence-corrected chi connectivity index (χ1v) is 5.60. The fourth-order valence-electron chi connectivity index (χ4n) is 1.15. The Kier molecular flexibility index (Phi) is 2.67. The molecule has 0 radical (unpaired) electrons. The van der Waals surface area contributed by atoms with Crippen LogP contribution in [0.15, 0.2) is 10.8 Å². The molecule has 0 spiro atoms. The fraction of sp³-hybridized carbons (Fsp3) is 0.625. The molecule has 1 aromatic rings. The molecular weight excluding hydrogens is 209 g/mol. The summed E-state index contributed by atoms with van der Waals surface area (Å²) in [6.07, 6.45) is 1.13. The zero-order valence-corrected chi connectivity index (χ0v) is 9.06. The van der Waals surface area contributed by atoms with E-state index < -0.39 is 16.0 Å². The van der Waals surface area contributed by atoms with Crippen LogP contribution in [-0.2, 0) is 21.4 Å². The van der Waals surface area contributed by atoms with Gasteiger partial charge in [-0.3, -0.25) is 0 Å². The second kappa shape index (κ2) is 3.34. The summed E-state index contributed by atoms with van der Waals surface area (Å²) in [5.74, 6) is -0.324. The Morgan fingerprint density at radius 3 is 2.50 bits per heavy atom. The van der Waals surface area contributed by atoms with Gasteiger partial charge >= 0.3 is 10.2 Å². The number of halogens is 1. The molecule has 0 aliphatic carbocycles. The van der Waals surface area contributed by atoms with Crippen LogP contribution in [0.4, 0.5) is 3.89 Å². The predicted molar refractivity (Wildman–Crippen MR) is 48.9 cm³/mol. The van der Waals surface area contributed by atoms with E-state index in [1.165, 1.54) is 0 Å². The minimum Gasteiger partial charge on any atom is -0.448 e. The van der Waals surface area contributed by atoms with Crippen molar-refractivity contribution < 1.29 is 16.7 Å². The van der Waals surface area contributed by atoms with Gasteiger partial charge in [0.15, 0.2) is 6.39 Å². The molecular formula is C8H12FNO3S. The van der Waals surface area contributed by atoms with E-state index in [0.29, 0.717) is 5.76 Å². The monoisotopic (exact) mass is 221 g/mol. The molecule has 1 heterocycles. The summed E-state index contributed by atoms with van der Waals surface area (Å²) < 4.78 is 38.3. The maximum absolute atomic E-state index is 12.4. The highest BCUT2D eigenvalue weighted by atomic mass is 32.3. The molecule has 1 aromatic heterocycles. The summed E-state index contributed by atoms with van der Waals surface area (Å²) in [6, 6.07) is 0. The number of hydrogen-bond donors (Lipinski definition) is 0. The van der Waals surface area contributed by atoms with Gasteiger partial charge in [0.25, 0.3) is 0 Å². The van der Waals surface area contributed by atoms with Crippen LogP contribution >= 0.6 is 0 Å². The summed E-state index contributed by atoms with van der Waals surface area (Å²) in [7, 11) is -4.55. The van der Waals surface area contributed by atoms with Crippen molar-refractivity contribution in [2.45, 2.75) is 31.9 Å². The van der Waals surface area contributed by atoms with Gasteiger partial charge in [-0.1, -0.05) is 20.8 Å². The molecule has 1 rings (SSSR count). The largest absolute Gasteiger partial charge is 0.448 e. The number of aromatic nitrogens is 1. The van der Waals surface area contributed by atoms with E-state index in [4.69, 9.17) is 4.42 Å². The summed E-state index contributed by atoms with van der Waals surface area (Å²) in [5.41, 5.74) is -0.240. The number of oxazole rings is 1. The van der Waals surface area contributed by atoms with Gasteiger partial charge in [-0.05, 0) is 0 Å². The van der Waals surface area contributed by atoms with Crippen molar-refractivity contribution in [3.8, 4) is 0 Å². The van der Waals surface area contributed by atoms with Gasteiger partial charge in [0.2, 0.25) is 0 Å². The molecule has 0 aromatic carbocycles. The van der Waals surface area contributed by atoms with Crippen LogP contribution in [0.2, 0.25) is 0 Å². The Balaban J connectivity index is 3.06. The average Bonchev–Trinajstić information content (AvgIpc) is 2.29. The maximum atomic E-state index is 12.4. The lowest BCUT2D eigenvalue weighted by molar-refractivity contribution is 0.404. The van der Waals surface area contributed by atoms with Gasteiger partial charge in [0.1, 0.15) is 17.2 Å². The smallest absolute Gasteiger partial charge is 0.308 e. The topological polar surface area (TPSA) is 60.2 Å². The zero-order chi connectivity index (χ0) is 11.0. The Bertz CT molecular complexity index is 416. The van der Waals surface area contributed by atoms with Crippen molar-refractivity contribution in [3.63, 3.8) is 0 Å². The van der Waals surface area contributed by atoms with Crippen LogP contribution in [0.5, 0.6) is 0 Å². The van der Waals surface area contributed by atoms with Gasteiger partial charge in [-0.25, -0.2) is 4.98 Å². The molecule has 0 N–H and O–H groups in total. The Morgan fingerprint density at radius 2 is 2.07 bits per heavy atom. The Morgan fingerprint density at radius 1 is 1.50 bits per heavy atom. The third-order valence-corrected chi connectivity index (χ3v) is 2.25. The lowest BCUT2D eigenvalue weighted by Gasteiger charge is -2.15. The fourth-order valence-corrected chi connectivity index (χ4v) is 1.68. The molecule has 4 nitrogen and oxygen atoms in total. The maximum Gasteiger partial charge on any atom is 0.308 e. The van der Waals surface area contributed by atoms with Crippen LogP contribution in [0.25, 0.3) is 0 Å². The lowest BCUT2D eigenvalue weighted by Crippen LogP contribution is -2.14. The SMILES string of the molecule is CC(C)(C)c1ocnc1CS(=O)(=O)F. The average molecular weight is 221 g/mol. The van der Waals surface area contributed by atoms with Crippen molar-refractivity contribution in [2.24, 2.45) is 0 Å². The molecule has 0 amide bonds. The summed E-state index contributed by atoms with van der Waals surface area (Å²) >= 11 is 0. The Labute approximate surface area is 82.4 Å². The quantitative estimate of drug-likeness (QED) is 0.714. The molecule has 0 saturated carbocycles. The van der Waals surface area contributed by atoms with Crippen molar-refractivity contribution in [3.05, 3.63) is 17.8 Å². The summed E-state index contributed by atoms with van der Waals surface area (Å²) in [5, 5.41) is 0. The summed E-state index contributed by atoms with van der Waals surface area (Å²) in [4.78, 5) is 3.68. The number of hydrogen-bond acceptors (Lipinski definition) is 4. The highest BCUT2D eigenvalue weighted by molar-refractivity contribution is 7.85. The third kappa shape index (κ3) is 2.80. The number of rotatable bonds is 2. The van der Waals surface area contributed by atoms with E-state index in [9.17, 15) is 12.3 Å². The molecule has 0 aliphatic rings. The standard InChI is InChI=1S/C8H12FNO3S/c1-8(2,3)7-6(10-5-13-7)4-14(9,11)12/h5H,4H2,1-3H3. The molecule has 0 atom stereocenters.